The van der Waals surface area contributed by atoms with Gasteiger partial charge in [-0.1, -0.05) is 0 Å². The summed E-state index contributed by atoms with van der Waals surface area (Å²) < 4.78 is 7.57. The third-order valence-electron chi connectivity index (χ3n) is 5.88. The van der Waals surface area contributed by atoms with Crippen LogP contribution in [0.4, 0.5) is 15.3 Å². The zero-order valence-electron chi connectivity index (χ0n) is 17.2. The maximum absolute atomic E-state index is 12.4. The molecule has 160 valence electrons. The molecule has 0 bridgehead atoms. The Kier molecular flexibility index (Phi) is 3.83. The molecule has 0 spiro atoms. The van der Waals surface area contributed by atoms with E-state index in [4.69, 9.17) is 4.74 Å². The molecule has 0 aliphatic carbocycles. The highest BCUT2D eigenvalue weighted by Gasteiger charge is 2.42. The number of pyridine rings is 1. The van der Waals surface area contributed by atoms with Crippen LogP contribution in [0.25, 0.3) is 22.9 Å². The minimum atomic E-state index is -0.753. The van der Waals surface area contributed by atoms with Crippen molar-refractivity contribution >= 4 is 51.9 Å². The summed E-state index contributed by atoms with van der Waals surface area (Å²) in [4.78, 5) is 46.8. The number of nitrogens with zero attached hydrogens (tertiary/aromatic N) is 4. The molecular formula is C22H17N5O4S. The van der Waals surface area contributed by atoms with Gasteiger partial charge in [0.05, 0.1) is 16.3 Å². The number of cyclic esters (lactones) is 1. The number of rotatable bonds is 2. The van der Waals surface area contributed by atoms with E-state index in [1.165, 1.54) is 0 Å². The van der Waals surface area contributed by atoms with Crippen LogP contribution < -0.4 is 10.2 Å². The summed E-state index contributed by atoms with van der Waals surface area (Å²) in [6, 6.07) is 7.66. The standard InChI is InChI=1S/C22H17N5O4S/c1-22(2)14-9-13(7-11-5-6-26(17(11)14)21(30)31-22)27-10-23-15-4-3-12(24-18(15)27)8-16-19(28)25-20(29)32-16/h3-4,7-10H,5-6H2,1-2H3,(H,25,28,29)/b16-8-. The van der Waals surface area contributed by atoms with Crippen LogP contribution in [0, 0.1) is 0 Å². The highest BCUT2D eigenvalue weighted by Crippen LogP contribution is 2.45. The van der Waals surface area contributed by atoms with Gasteiger partial charge in [-0.25, -0.2) is 14.8 Å². The van der Waals surface area contributed by atoms with Crippen LogP contribution in [-0.2, 0) is 21.6 Å². The van der Waals surface area contributed by atoms with Gasteiger partial charge >= 0.3 is 6.09 Å². The van der Waals surface area contributed by atoms with Gasteiger partial charge < -0.3 is 4.74 Å². The van der Waals surface area contributed by atoms with Gasteiger partial charge in [-0.3, -0.25) is 24.4 Å². The monoisotopic (exact) mass is 447 g/mol. The van der Waals surface area contributed by atoms with Crippen molar-refractivity contribution in [2.45, 2.75) is 25.9 Å². The number of carbonyl (C=O) groups is 3. The summed E-state index contributed by atoms with van der Waals surface area (Å²) >= 11 is 0.855. The SMILES string of the molecule is CC1(C)OC(=O)N2CCc3cc(-n4cnc5ccc(/C=C6\SC(=O)NC6=O)nc54)cc1c32. The molecule has 0 radical (unpaired) electrons. The Balaban J connectivity index is 1.49. The first kappa shape index (κ1) is 19.1. The average Bonchev–Trinajstić information content (AvgIpc) is 3.42. The first-order valence-corrected chi connectivity index (χ1v) is 10.9. The Bertz CT molecular complexity index is 1410. The van der Waals surface area contributed by atoms with E-state index in [0.717, 1.165) is 40.7 Å². The Morgan fingerprint density at radius 2 is 2.06 bits per heavy atom. The number of hydrogen-bond acceptors (Lipinski definition) is 7. The lowest BCUT2D eigenvalue weighted by atomic mass is 9.92. The number of hydrogen-bond donors (Lipinski definition) is 1. The van der Waals surface area contributed by atoms with Crippen LogP contribution in [0.15, 0.2) is 35.5 Å². The van der Waals surface area contributed by atoms with E-state index in [0.29, 0.717) is 28.3 Å². The molecule has 6 rings (SSSR count). The van der Waals surface area contributed by atoms with Crippen LogP contribution >= 0.6 is 11.8 Å². The van der Waals surface area contributed by atoms with Crippen molar-refractivity contribution in [3.63, 3.8) is 0 Å². The first-order chi connectivity index (χ1) is 15.3. The molecule has 1 fully saturated rings. The number of fused-ring (bicyclic) bond motifs is 1. The van der Waals surface area contributed by atoms with Crippen LogP contribution in [0.5, 0.6) is 0 Å². The van der Waals surface area contributed by atoms with E-state index in [1.807, 2.05) is 30.5 Å². The van der Waals surface area contributed by atoms with Crippen LogP contribution in [0.1, 0.15) is 30.7 Å². The highest BCUT2D eigenvalue weighted by molar-refractivity contribution is 8.18. The number of imidazole rings is 1. The van der Waals surface area contributed by atoms with Gasteiger partial charge in [0.2, 0.25) is 0 Å². The number of ether oxygens (including phenoxy) is 1. The molecule has 1 saturated heterocycles. The van der Waals surface area contributed by atoms with Crippen molar-refractivity contribution in [2.75, 3.05) is 11.4 Å². The lowest BCUT2D eigenvalue weighted by Crippen LogP contribution is -2.42. The molecule has 3 aromatic rings. The number of anilines is 1. The van der Waals surface area contributed by atoms with Gasteiger partial charge in [-0.15, -0.1) is 0 Å². The number of thioether (sulfide) groups is 1. The fraction of sp³-hybridized carbons (Fsp3) is 0.227. The second-order valence-corrected chi connectivity index (χ2v) is 9.34. The quantitative estimate of drug-likeness (QED) is 0.599. The van der Waals surface area contributed by atoms with Crippen molar-refractivity contribution in [3.8, 4) is 5.69 Å². The normalized spacial score (nSPS) is 20.1. The summed E-state index contributed by atoms with van der Waals surface area (Å²) in [5.74, 6) is -0.422. The van der Waals surface area contributed by atoms with Crippen LogP contribution in [-0.4, -0.2) is 38.3 Å². The van der Waals surface area contributed by atoms with Crippen LogP contribution in [0.3, 0.4) is 0 Å². The van der Waals surface area contributed by atoms with Crippen LogP contribution in [0.2, 0.25) is 0 Å². The molecule has 3 aliphatic rings. The topological polar surface area (TPSA) is 106 Å². The molecule has 2 aromatic heterocycles. The maximum atomic E-state index is 12.4. The van der Waals surface area contributed by atoms with Gasteiger partial charge in [-0.2, -0.15) is 0 Å². The molecule has 0 saturated carbocycles. The molecule has 9 nitrogen and oxygen atoms in total. The summed E-state index contributed by atoms with van der Waals surface area (Å²) in [6.45, 7) is 4.38. The van der Waals surface area contributed by atoms with E-state index < -0.39 is 16.7 Å². The molecule has 0 unspecified atom stereocenters. The average molecular weight is 447 g/mol. The summed E-state index contributed by atoms with van der Waals surface area (Å²) in [5.41, 5.74) is 4.96. The lowest BCUT2D eigenvalue weighted by molar-refractivity contribution is -0.115. The molecule has 10 heteroatoms. The van der Waals surface area contributed by atoms with Crippen molar-refractivity contribution < 1.29 is 19.1 Å². The second kappa shape index (κ2) is 6.42. The largest absolute Gasteiger partial charge is 0.438 e. The van der Waals surface area contributed by atoms with Crippen molar-refractivity contribution in [1.82, 2.24) is 19.9 Å². The third kappa shape index (κ3) is 2.76. The number of amides is 3. The number of aromatic nitrogens is 3. The molecule has 0 atom stereocenters. The van der Waals surface area contributed by atoms with E-state index in [9.17, 15) is 14.4 Å². The second-order valence-electron chi connectivity index (χ2n) is 8.33. The van der Waals surface area contributed by atoms with Gasteiger partial charge in [0.1, 0.15) is 17.4 Å². The Hall–Kier alpha value is -3.66. The summed E-state index contributed by atoms with van der Waals surface area (Å²) in [5, 5.41) is 1.85. The molecule has 3 aliphatic heterocycles. The van der Waals surface area contributed by atoms with Crippen molar-refractivity contribution in [3.05, 3.63) is 52.3 Å². The fourth-order valence-corrected chi connectivity index (χ4v) is 5.04. The van der Waals surface area contributed by atoms with E-state index in [-0.39, 0.29) is 6.09 Å². The highest BCUT2D eigenvalue weighted by atomic mass is 32.2. The Morgan fingerprint density at radius 3 is 2.84 bits per heavy atom. The zero-order valence-corrected chi connectivity index (χ0v) is 18.0. The summed E-state index contributed by atoms with van der Waals surface area (Å²) in [7, 11) is 0. The zero-order chi connectivity index (χ0) is 22.2. The lowest BCUT2D eigenvalue weighted by Gasteiger charge is -2.37. The van der Waals surface area contributed by atoms with E-state index in [2.05, 4.69) is 21.4 Å². The van der Waals surface area contributed by atoms with Crippen molar-refractivity contribution in [2.24, 2.45) is 0 Å². The smallest absolute Gasteiger partial charge is 0.415 e. The molecule has 1 aromatic carbocycles. The first-order valence-electron chi connectivity index (χ1n) is 10.1. The minimum absolute atomic E-state index is 0.304. The molecule has 3 amide bonds. The predicted octanol–water partition coefficient (Wildman–Crippen LogP) is 3.49. The molecule has 1 N–H and O–H groups in total. The maximum Gasteiger partial charge on any atom is 0.415 e. The number of benzene rings is 1. The fourth-order valence-electron chi connectivity index (χ4n) is 4.37. The van der Waals surface area contributed by atoms with E-state index in [1.54, 1.807) is 23.4 Å². The Labute approximate surface area is 186 Å². The molecular weight excluding hydrogens is 430 g/mol. The predicted molar refractivity (Wildman–Crippen MR) is 119 cm³/mol. The van der Waals surface area contributed by atoms with Gasteiger partial charge in [0.25, 0.3) is 11.1 Å². The van der Waals surface area contributed by atoms with Gasteiger partial charge in [-0.05, 0) is 67.9 Å². The summed E-state index contributed by atoms with van der Waals surface area (Å²) in [6.07, 6.45) is 3.74. The molecule has 5 heterocycles. The van der Waals surface area contributed by atoms with Gasteiger partial charge in [0.15, 0.2) is 5.65 Å². The van der Waals surface area contributed by atoms with Gasteiger partial charge in [0, 0.05) is 17.8 Å². The number of imide groups is 1. The van der Waals surface area contributed by atoms with Crippen molar-refractivity contribution in [1.29, 1.82) is 0 Å². The number of carbonyl (C=O) groups excluding carboxylic acids is 3. The molecule has 32 heavy (non-hydrogen) atoms. The minimum Gasteiger partial charge on any atom is -0.438 e. The third-order valence-corrected chi connectivity index (χ3v) is 6.69. The Morgan fingerprint density at radius 1 is 1.22 bits per heavy atom. The number of nitrogens with one attached hydrogen (secondary N) is 1. The van der Waals surface area contributed by atoms with E-state index >= 15 is 0 Å².